The van der Waals surface area contributed by atoms with E-state index in [-0.39, 0.29) is 11.9 Å². The van der Waals surface area contributed by atoms with Gasteiger partial charge in [0.2, 0.25) is 5.91 Å². The Hall–Kier alpha value is -2.80. The highest BCUT2D eigenvalue weighted by Gasteiger charge is 2.26. The van der Waals surface area contributed by atoms with E-state index in [0.29, 0.717) is 0 Å². The number of imidazole rings is 1. The van der Waals surface area contributed by atoms with Crippen molar-refractivity contribution in [1.82, 2.24) is 20.2 Å². The van der Waals surface area contributed by atoms with Crippen LogP contribution in [0.4, 0.5) is 4.79 Å². The van der Waals surface area contributed by atoms with Crippen LogP contribution in [-0.4, -0.2) is 32.8 Å². The minimum absolute atomic E-state index is 0.210. The molecule has 1 unspecified atom stereocenters. The van der Waals surface area contributed by atoms with Gasteiger partial charge in [0, 0.05) is 11.7 Å². The van der Waals surface area contributed by atoms with Crippen LogP contribution in [0.1, 0.15) is 25.3 Å². The second-order valence-electron chi connectivity index (χ2n) is 7.05. The molecule has 0 radical (unpaired) electrons. The lowest BCUT2D eigenvalue weighted by atomic mass is 10.2. The summed E-state index contributed by atoms with van der Waals surface area (Å²) >= 11 is 1.34. The molecule has 0 saturated heterocycles. The molecule has 0 bridgehead atoms. The molecule has 3 amide bonds. The van der Waals surface area contributed by atoms with E-state index < -0.39 is 11.3 Å². The number of hydrogen-bond donors (Lipinski definition) is 2. The van der Waals surface area contributed by atoms with Crippen molar-refractivity contribution in [3.63, 3.8) is 0 Å². The van der Waals surface area contributed by atoms with Gasteiger partial charge in [0.1, 0.15) is 0 Å². The minimum Gasteiger partial charge on any atom is -0.335 e. The lowest BCUT2D eigenvalue weighted by Crippen LogP contribution is -2.43. The van der Waals surface area contributed by atoms with E-state index in [4.69, 9.17) is 4.98 Å². The summed E-state index contributed by atoms with van der Waals surface area (Å²) in [6.45, 7) is 3.83. The highest BCUT2D eigenvalue weighted by molar-refractivity contribution is 8.00. The van der Waals surface area contributed by atoms with Crippen molar-refractivity contribution >= 4 is 34.7 Å². The molecule has 1 aliphatic carbocycles. The van der Waals surface area contributed by atoms with E-state index in [1.54, 1.807) is 6.92 Å². The van der Waals surface area contributed by atoms with Crippen LogP contribution < -0.4 is 10.6 Å². The number of hydrogen-bond acceptors (Lipinski definition) is 4. The Morgan fingerprint density at radius 1 is 1.14 bits per heavy atom. The molecule has 1 saturated carbocycles. The molecule has 1 aliphatic rings. The van der Waals surface area contributed by atoms with Crippen molar-refractivity contribution < 1.29 is 9.59 Å². The molecule has 1 atom stereocenters. The Kier molecular flexibility index (Phi) is 5.09. The summed E-state index contributed by atoms with van der Waals surface area (Å²) in [7, 11) is 0. The Morgan fingerprint density at radius 3 is 2.57 bits per heavy atom. The summed E-state index contributed by atoms with van der Waals surface area (Å²) < 4.78 is 2.05. The lowest BCUT2D eigenvalue weighted by Gasteiger charge is -2.13. The van der Waals surface area contributed by atoms with Gasteiger partial charge in [-0.1, -0.05) is 41.6 Å². The third-order valence-electron chi connectivity index (χ3n) is 4.62. The van der Waals surface area contributed by atoms with Crippen molar-refractivity contribution in [3.8, 4) is 5.69 Å². The maximum absolute atomic E-state index is 12.4. The van der Waals surface area contributed by atoms with E-state index in [9.17, 15) is 9.59 Å². The minimum atomic E-state index is -0.467. The van der Waals surface area contributed by atoms with Crippen molar-refractivity contribution in [2.45, 2.75) is 43.1 Å². The van der Waals surface area contributed by atoms with Gasteiger partial charge in [0.15, 0.2) is 5.16 Å². The van der Waals surface area contributed by atoms with Crippen LogP contribution in [0.15, 0.2) is 53.7 Å². The number of aryl methyl sites for hydroxylation is 1. The average Bonchev–Trinajstić information content (AvgIpc) is 3.41. The summed E-state index contributed by atoms with van der Waals surface area (Å²) in [6, 6.07) is 15.9. The van der Waals surface area contributed by atoms with Crippen LogP contribution in [0.25, 0.3) is 16.7 Å². The fourth-order valence-electron chi connectivity index (χ4n) is 2.90. The zero-order valence-electron chi connectivity index (χ0n) is 15.8. The predicted molar refractivity (Wildman–Crippen MR) is 111 cm³/mol. The Balaban J connectivity index is 1.59. The predicted octanol–water partition coefficient (Wildman–Crippen LogP) is 3.80. The molecule has 28 heavy (non-hydrogen) atoms. The van der Waals surface area contributed by atoms with Crippen LogP contribution in [0.5, 0.6) is 0 Å². The van der Waals surface area contributed by atoms with E-state index >= 15 is 0 Å². The van der Waals surface area contributed by atoms with E-state index in [1.807, 2.05) is 47.9 Å². The van der Waals surface area contributed by atoms with Gasteiger partial charge in [-0.15, -0.1) is 0 Å². The van der Waals surface area contributed by atoms with Crippen molar-refractivity contribution in [2.75, 3.05) is 0 Å². The zero-order valence-corrected chi connectivity index (χ0v) is 16.6. The number of fused-ring (bicyclic) bond motifs is 1. The Morgan fingerprint density at radius 2 is 1.86 bits per heavy atom. The molecule has 3 aromatic rings. The number of carbonyl (C=O) groups is 2. The molecule has 0 aliphatic heterocycles. The summed E-state index contributed by atoms with van der Waals surface area (Å²) in [5.74, 6) is -0.328. The van der Waals surface area contributed by atoms with Crippen molar-refractivity contribution in [2.24, 2.45) is 0 Å². The van der Waals surface area contributed by atoms with Crippen LogP contribution in [0.2, 0.25) is 0 Å². The zero-order chi connectivity index (χ0) is 19.7. The monoisotopic (exact) mass is 394 g/mol. The molecule has 144 valence electrons. The average molecular weight is 395 g/mol. The van der Waals surface area contributed by atoms with Crippen LogP contribution >= 0.6 is 11.8 Å². The first-order valence-corrected chi connectivity index (χ1v) is 10.2. The maximum Gasteiger partial charge on any atom is 0.321 e. The molecule has 6 nitrogen and oxygen atoms in total. The van der Waals surface area contributed by atoms with Gasteiger partial charge in [0.05, 0.1) is 16.3 Å². The quantitative estimate of drug-likeness (QED) is 0.646. The fraction of sp³-hybridized carbons (Fsp3) is 0.286. The topological polar surface area (TPSA) is 76.0 Å². The van der Waals surface area contributed by atoms with Gasteiger partial charge in [-0.2, -0.15) is 0 Å². The van der Waals surface area contributed by atoms with Crippen molar-refractivity contribution in [1.29, 1.82) is 0 Å². The third kappa shape index (κ3) is 4.04. The number of imide groups is 1. The Bertz CT molecular complexity index is 1020. The highest BCUT2D eigenvalue weighted by atomic mass is 32.2. The molecule has 4 rings (SSSR count). The molecule has 7 heteroatoms. The summed E-state index contributed by atoms with van der Waals surface area (Å²) in [5, 5.41) is 5.44. The second-order valence-corrected chi connectivity index (χ2v) is 8.36. The number of para-hydroxylation sites is 2. The molecular weight excluding hydrogens is 372 g/mol. The van der Waals surface area contributed by atoms with Crippen LogP contribution in [0.3, 0.4) is 0 Å². The molecule has 2 aromatic carbocycles. The number of rotatable bonds is 5. The van der Waals surface area contributed by atoms with E-state index in [2.05, 4.69) is 22.8 Å². The smallest absolute Gasteiger partial charge is 0.321 e. The van der Waals surface area contributed by atoms with Crippen LogP contribution in [0, 0.1) is 6.92 Å². The number of benzene rings is 2. The van der Waals surface area contributed by atoms with E-state index in [1.165, 1.54) is 17.3 Å². The number of urea groups is 1. The summed E-state index contributed by atoms with van der Waals surface area (Å²) in [6.07, 6.45) is 1.96. The number of nitrogens with one attached hydrogen (secondary N) is 2. The van der Waals surface area contributed by atoms with Crippen molar-refractivity contribution in [3.05, 3.63) is 54.1 Å². The second kappa shape index (κ2) is 7.67. The standard InChI is InChI=1S/C21H22N4O2S/c1-13-7-11-16(12-8-13)25-18-6-4-3-5-17(18)23-21(25)28-14(2)19(26)24-20(27)22-15-9-10-15/h3-8,11-12,14-15H,9-10H2,1-2H3,(H2,22,24,26,27). The van der Waals surface area contributed by atoms with Gasteiger partial charge in [-0.25, -0.2) is 9.78 Å². The number of amides is 3. The fourth-order valence-corrected chi connectivity index (χ4v) is 3.84. The van der Waals surface area contributed by atoms with Gasteiger partial charge in [-0.05, 0) is 51.0 Å². The normalized spacial score (nSPS) is 14.6. The summed E-state index contributed by atoms with van der Waals surface area (Å²) in [5.41, 5.74) is 4.01. The molecule has 2 N–H and O–H groups in total. The first-order valence-electron chi connectivity index (χ1n) is 9.34. The maximum atomic E-state index is 12.4. The van der Waals surface area contributed by atoms with Gasteiger partial charge in [0.25, 0.3) is 0 Å². The number of carbonyl (C=O) groups excluding carboxylic acids is 2. The van der Waals surface area contributed by atoms with Gasteiger partial charge < -0.3 is 5.32 Å². The van der Waals surface area contributed by atoms with Gasteiger partial charge >= 0.3 is 6.03 Å². The lowest BCUT2D eigenvalue weighted by molar-refractivity contribution is -0.119. The Labute approximate surface area is 167 Å². The molecule has 1 aromatic heterocycles. The largest absolute Gasteiger partial charge is 0.335 e. The third-order valence-corrected chi connectivity index (χ3v) is 5.68. The van der Waals surface area contributed by atoms with E-state index in [0.717, 1.165) is 34.7 Å². The first-order chi connectivity index (χ1) is 13.5. The number of thioether (sulfide) groups is 1. The molecule has 1 fully saturated rings. The van der Waals surface area contributed by atoms with Crippen LogP contribution in [-0.2, 0) is 4.79 Å². The number of aromatic nitrogens is 2. The summed E-state index contributed by atoms with van der Waals surface area (Å²) in [4.78, 5) is 29.0. The van der Waals surface area contributed by atoms with Gasteiger partial charge in [-0.3, -0.25) is 14.7 Å². The molecular formula is C21H22N4O2S. The SMILES string of the molecule is Cc1ccc(-n2c(SC(C)C(=O)NC(=O)NC3CC3)nc3ccccc32)cc1. The molecule has 0 spiro atoms. The first kappa shape index (κ1) is 18.6. The molecule has 1 heterocycles. The highest BCUT2D eigenvalue weighted by Crippen LogP contribution is 2.30. The number of nitrogens with zero attached hydrogens (tertiary/aromatic N) is 2.